The second-order valence-corrected chi connectivity index (χ2v) is 5.79. The van der Waals surface area contributed by atoms with E-state index in [4.69, 9.17) is 5.11 Å². The number of carbonyl (C=O) groups is 2. The van der Waals surface area contributed by atoms with Crippen LogP contribution in [0, 0.1) is 0 Å². The van der Waals surface area contributed by atoms with Gasteiger partial charge in [0.2, 0.25) is 0 Å². The Kier molecular flexibility index (Phi) is 3.76. The third-order valence-electron chi connectivity index (χ3n) is 4.05. The second-order valence-electron chi connectivity index (χ2n) is 5.79. The average molecular weight is 293 g/mol. The molecule has 3 N–H and O–H groups in total. The molecule has 114 valence electrons. The van der Waals surface area contributed by atoms with E-state index in [2.05, 4.69) is 20.9 Å². The molecular formula is C13H19N5O3. The Morgan fingerprint density at radius 1 is 1.10 bits per heavy atom. The first-order valence-corrected chi connectivity index (χ1v) is 7.34. The number of rotatable bonds is 4. The van der Waals surface area contributed by atoms with Crippen molar-refractivity contribution < 1.29 is 14.7 Å². The van der Waals surface area contributed by atoms with Gasteiger partial charge in [-0.3, -0.25) is 4.79 Å². The highest BCUT2D eigenvalue weighted by molar-refractivity contribution is 5.92. The normalized spacial score (nSPS) is 25.3. The molecule has 3 rings (SSSR count). The molecule has 0 bridgehead atoms. The minimum absolute atomic E-state index is 0.00797. The molecule has 2 aliphatic rings. The van der Waals surface area contributed by atoms with Gasteiger partial charge in [0.05, 0.1) is 12.2 Å². The van der Waals surface area contributed by atoms with E-state index in [1.54, 1.807) is 10.9 Å². The monoisotopic (exact) mass is 293 g/mol. The number of amides is 2. The maximum atomic E-state index is 12.1. The van der Waals surface area contributed by atoms with Crippen molar-refractivity contribution in [2.45, 2.75) is 56.7 Å². The molecule has 2 fully saturated rings. The van der Waals surface area contributed by atoms with Gasteiger partial charge in [0, 0.05) is 12.1 Å². The predicted molar refractivity (Wildman–Crippen MR) is 73.0 cm³/mol. The fourth-order valence-electron chi connectivity index (χ4n) is 2.71. The lowest BCUT2D eigenvalue weighted by atomic mass is 9.91. The molecule has 0 unspecified atom stereocenters. The Bertz CT molecular complexity index is 532. The Morgan fingerprint density at radius 2 is 1.71 bits per heavy atom. The zero-order valence-corrected chi connectivity index (χ0v) is 11.7. The van der Waals surface area contributed by atoms with Gasteiger partial charge in [-0.2, -0.15) is 0 Å². The number of nitrogens with one attached hydrogen (secondary N) is 2. The smallest absolute Gasteiger partial charge is 0.404 e. The van der Waals surface area contributed by atoms with Gasteiger partial charge in [-0.05, 0) is 38.5 Å². The van der Waals surface area contributed by atoms with Crippen molar-refractivity contribution in [1.29, 1.82) is 0 Å². The summed E-state index contributed by atoms with van der Waals surface area (Å²) in [6.07, 6.45) is 5.94. The summed E-state index contributed by atoms with van der Waals surface area (Å²) in [5.74, 6) is -0.198. The summed E-state index contributed by atoms with van der Waals surface area (Å²) in [4.78, 5) is 22.7. The second kappa shape index (κ2) is 5.71. The van der Waals surface area contributed by atoms with Crippen LogP contribution in [0.2, 0.25) is 0 Å². The highest BCUT2D eigenvalue weighted by Gasteiger charge is 2.27. The van der Waals surface area contributed by atoms with Gasteiger partial charge in [0.25, 0.3) is 5.91 Å². The molecule has 1 aromatic rings. The van der Waals surface area contributed by atoms with E-state index in [1.165, 1.54) is 0 Å². The molecule has 0 aliphatic heterocycles. The SMILES string of the molecule is O=C(O)NC1CCC(NC(=O)c2cn(C3CC3)nn2)CC1. The van der Waals surface area contributed by atoms with Crippen molar-refractivity contribution in [2.24, 2.45) is 0 Å². The van der Waals surface area contributed by atoms with E-state index in [1.807, 2.05) is 0 Å². The quantitative estimate of drug-likeness (QED) is 0.765. The van der Waals surface area contributed by atoms with Crippen molar-refractivity contribution in [3.63, 3.8) is 0 Å². The van der Waals surface area contributed by atoms with E-state index in [9.17, 15) is 9.59 Å². The summed E-state index contributed by atoms with van der Waals surface area (Å²) >= 11 is 0. The van der Waals surface area contributed by atoms with Gasteiger partial charge in [0.15, 0.2) is 5.69 Å². The number of hydrogen-bond donors (Lipinski definition) is 3. The van der Waals surface area contributed by atoms with E-state index in [0.717, 1.165) is 38.5 Å². The maximum absolute atomic E-state index is 12.1. The molecule has 2 amide bonds. The summed E-state index contributed by atoms with van der Waals surface area (Å²) in [6.45, 7) is 0. The first-order valence-electron chi connectivity index (χ1n) is 7.34. The molecular weight excluding hydrogens is 274 g/mol. The van der Waals surface area contributed by atoms with Gasteiger partial charge < -0.3 is 15.7 Å². The molecule has 0 atom stereocenters. The van der Waals surface area contributed by atoms with Crippen molar-refractivity contribution in [3.05, 3.63) is 11.9 Å². The summed E-state index contributed by atoms with van der Waals surface area (Å²) in [7, 11) is 0. The number of carbonyl (C=O) groups excluding carboxylic acids is 1. The highest BCUT2D eigenvalue weighted by atomic mass is 16.4. The minimum atomic E-state index is -0.987. The zero-order valence-electron chi connectivity index (χ0n) is 11.7. The van der Waals surface area contributed by atoms with Gasteiger partial charge >= 0.3 is 6.09 Å². The van der Waals surface area contributed by atoms with Crippen LogP contribution in [0.15, 0.2) is 6.20 Å². The van der Waals surface area contributed by atoms with Crippen molar-refractivity contribution in [1.82, 2.24) is 25.6 Å². The molecule has 8 nitrogen and oxygen atoms in total. The summed E-state index contributed by atoms with van der Waals surface area (Å²) < 4.78 is 1.75. The molecule has 0 radical (unpaired) electrons. The van der Waals surface area contributed by atoms with Crippen molar-refractivity contribution >= 4 is 12.0 Å². The van der Waals surface area contributed by atoms with Crippen molar-refractivity contribution in [2.75, 3.05) is 0 Å². The molecule has 0 saturated heterocycles. The third-order valence-corrected chi connectivity index (χ3v) is 4.05. The van der Waals surface area contributed by atoms with Crippen LogP contribution in [0.3, 0.4) is 0 Å². The van der Waals surface area contributed by atoms with Crippen LogP contribution >= 0.6 is 0 Å². The topological polar surface area (TPSA) is 109 Å². The standard InChI is InChI=1S/C13H19N5O3/c19-12(11-7-18(17-16-11)10-5-6-10)14-8-1-3-9(4-2-8)15-13(20)21/h7-10,15H,1-6H2,(H,14,19)(H,20,21). The van der Waals surface area contributed by atoms with Crippen LogP contribution in [0.4, 0.5) is 4.79 Å². The van der Waals surface area contributed by atoms with E-state index >= 15 is 0 Å². The lowest BCUT2D eigenvalue weighted by molar-refractivity contribution is 0.0918. The lowest BCUT2D eigenvalue weighted by Gasteiger charge is -2.28. The molecule has 0 spiro atoms. The molecule has 0 aromatic carbocycles. The van der Waals surface area contributed by atoms with E-state index < -0.39 is 6.09 Å². The van der Waals surface area contributed by atoms with E-state index in [-0.39, 0.29) is 18.0 Å². The predicted octanol–water partition coefficient (Wildman–Crippen LogP) is 0.922. The summed E-state index contributed by atoms with van der Waals surface area (Å²) in [6, 6.07) is 0.485. The number of aromatic nitrogens is 3. The maximum Gasteiger partial charge on any atom is 0.404 e. The minimum Gasteiger partial charge on any atom is -0.465 e. The lowest BCUT2D eigenvalue weighted by Crippen LogP contribution is -2.43. The first kappa shape index (κ1) is 13.8. The Hall–Kier alpha value is -2.12. The molecule has 2 saturated carbocycles. The van der Waals surface area contributed by atoms with Gasteiger partial charge in [0.1, 0.15) is 0 Å². The molecule has 1 aromatic heterocycles. The summed E-state index contributed by atoms with van der Waals surface area (Å²) in [5, 5.41) is 22.0. The van der Waals surface area contributed by atoms with Crippen LogP contribution in [-0.2, 0) is 0 Å². The number of hydrogen-bond acceptors (Lipinski definition) is 4. The summed E-state index contributed by atoms with van der Waals surface area (Å²) in [5.41, 5.74) is 0.354. The van der Waals surface area contributed by atoms with Crippen LogP contribution in [0.1, 0.15) is 55.1 Å². The van der Waals surface area contributed by atoms with Gasteiger partial charge in [-0.1, -0.05) is 5.21 Å². The number of nitrogens with zero attached hydrogens (tertiary/aromatic N) is 3. The Morgan fingerprint density at radius 3 is 2.29 bits per heavy atom. The molecule has 8 heteroatoms. The van der Waals surface area contributed by atoms with Crippen LogP contribution in [-0.4, -0.2) is 44.2 Å². The van der Waals surface area contributed by atoms with Gasteiger partial charge in [-0.25, -0.2) is 9.48 Å². The molecule has 21 heavy (non-hydrogen) atoms. The largest absolute Gasteiger partial charge is 0.465 e. The average Bonchev–Trinajstić information content (AvgIpc) is 3.18. The Balaban J connectivity index is 1.47. The number of carboxylic acid groups (broad SMARTS) is 1. The van der Waals surface area contributed by atoms with Crippen LogP contribution in [0.25, 0.3) is 0 Å². The highest BCUT2D eigenvalue weighted by Crippen LogP contribution is 2.33. The molecule has 1 heterocycles. The van der Waals surface area contributed by atoms with Crippen LogP contribution in [0.5, 0.6) is 0 Å². The fraction of sp³-hybridized carbons (Fsp3) is 0.692. The Labute approximate surface area is 121 Å². The van der Waals surface area contributed by atoms with Gasteiger partial charge in [-0.15, -0.1) is 5.10 Å². The zero-order chi connectivity index (χ0) is 14.8. The van der Waals surface area contributed by atoms with E-state index in [0.29, 0.717) is 11.7 Å². The van der Waals surface area contributed by atoms with Crippen molar-refractivity contribution in [3.8, 4) is 0 Å². The third kappa shape index (κ3) is 3.50. The first-order chi connectivity index (χ1) is 10.1. The van der Waals surface area contributed by atoms with Crippen LogP contribution < -0.4 is 10.6 Å². The fourth-order valence-corrected chi connectivity index (χ4v) is 2.71. The molecule has 2 aliphatic carbocycles.